The first-order chi connectivity index (χ1) is 15.2. The monoisotopic (exact) mass is 443 g/mol. The Morgan fingerprint density at radius 2 is 0.935 bits per heavy atom. The summed E-state index contributed by atoms with van der Waals surface area (Å²) in [4.78, 5) is 10.1. The summed E-state index contributed by atoms with van der Waals surface area (Å²) in [7, 11) is 0. The zero-order valence-corrected chi connectivity index (χ0v) is 21.4. The normalized spacial score (nSPS) is 10.7. The Morgan fingerprint density at radius 1 is 0.581 bits per heavy atom. The predicted molar refractivity (Wildman–Crippen MR) is 132 cm³/mol. The highest BCUT2D eigenvalue weighted by atomic mass is 16.5. The Labute approximate surface area is 195 Å². The fourth-order valence-electron chi connectivity index (χ4n) is 3.58. The van der Waals surface area contributed by atoms with E-state index in [1.54, 1.807) is 0 Å². The van der Waals surface area contributed by atoms with Gasteiger partial charge in [-0.3, -0.25) is 0 Å². The molecule has 0 aliphatic heterocycles. The second-order valence-corrected chi connectivity index (χ2v) is 8.95. The summed E-state index contributed by atoms with van der Waals surface area (Å²) >= 11 is 0. The fourth-order valence-corrected chi connectivity index (χ4v) is 3.58. The lowest BCUT2D eigenvalue weighted by Crippen LogP contribution is -2.50. The topological polar surface area (TPSA) is 77.0 Å². The van der Waals surface area contributed by atoms with Gasteiger partial charge in [0.1, 0.15) is 0 Å². The van der Waals surface area contributed by atoms with Crippen LogP contribution in [0.25, 0.3) is 0 Å². The van der Waals surface area contributed by atoms with E-state index in [0.29, 0.717) is 0 Å². The number of carboxylic acids is 1. The number of rotatable bonds is 24. The summed E-state index contributed by atoms with van der Waals surface area (Å²) in [5.74, 6) is -0.909. The number of ether oxygens (including phenoxy) is 1. The van der Waals surface area contributed by atoms with Gasteiger partial charge in [0, 0.05) is 19.0 Å². The lowest BCUT2D eigenvalue weighted by atomic mass is 10.1. The van der Waals surface area contributed by atoms with Gasteiger partial charge < -0.3 is 20.4 Å². The summed E-state index contributed by atoms with van der Waals surface area (Å²) in [5, 5.41) is 10.1. The van der Waals surface area contributed by atoms with Crippen LogP contribution < -0.4 is 10.8 Å². The predicted octanol–water partition coefficient (Wildman–Crippen LogP) is 6.21. The van der Waals surface area contributed by atoms with Crippen LogP contribution in [0.2, 0.25) is 0 Å². The van der Waals surface area contributed by atoms with Gasteiger partial charge in [-0.2, -0.15) is 0 Å². The third-order valence-corrected chi connectivity index (χ3v) is 5.67. The summed E-state index contributed by atoms with van der Waals surface area (Å²) in [6.45, 7) is 7.36. The minimum atomic E-state index is -0.909. The molecule has 188 valence electrons. The quantitative estimate of drug-likeness (QED) is 0.180. The Kier molecular flexibility index (Phi) is 33.2. The van der Waals surface area contributed by atoms with Crippen molar-refractivity contribution < 1.29 is 20.4 Å². The number of hydrogen-bond acceptors (Lipinski definition) is 3. The molecule has 0 aromatic carbocycles. The van der Waals surface area contributed by atoms with E-state index in [-0.39, 0.29) is 6.42 Å². The van der Waals surface area contributed by atoms with Gasteiger partial charge in [0.2, 0.25) is 0 Å². The van der Waals surface area contributed by atoms with E-state index in [9.17, 15) is 9.90 Å². The third kappa shape index (κ3) is 37.1. The van der Waals surface area contributed by atoms with Gasteiger partial charge >= 0.3 is 0 Å². The van der Waals surface area contributed by atoms with Crippen LogP contribution in [0.4, 0.5) is 0 Å². The van der Waals surface area contributed by atoms with Crippen molar-refractivity contribution in [3.63, 3.8) is 0 Å². The minimum absolute atomic E-state index is 0.232. The molecule has 0 saturated heterocycles. The number of carbonyl (C=O) groups excluding carboxylic acids is 1. The Balaban J connectivity index is 0. The molecule has 0 rings (SSSR count). The van der Waals surface area contributed by atoms with Crippen LogP contribution in [-0.4, -0.2) is 25.7 Å². The largest absolute Gasteiger partial charge is 0.550 e. The van der Waals surface area contributed by atoms with Crippen molar-refractivity contribution in [2.24, 2.45) is 0 Å². The van der Waals surface area contributed by atoms with Gasteiger partial charge in [0.25, 0.3) is 0 Å². The van der Waals surface area contributed by atoms with E-state index in [0.717, 1.165) is 39.0 Å². The molecule has 0 aromatic rings. The van der Waals surface area contributed by atoms with Crippen molar-refractivity contribution in [1.29, 1.82) is 0 Å². The molecular weight excluding hydrogens is 386 g/mol. The van der Waals surface area contributed by atoms with Gasteiger partial charge in [-0.05, 0) is 19.3 Å². The lowest BCUT2D eigenvalue weighted by Gasteiger charge is -2.03. The molecule has 0 saturated carbocycles. The third-order valence-electron chi connectivity index (χ3n) is 5.67. The molecular formula is C27H57NO3. The van der Waals surface area contributed by atoms with Gasteiger partial charge in [0.05, 0.1) is 13.2 Å². The fraction of sp³-hybridized carbons (Fsp3) is 0.963. The first-order valence-electron chi connectivity index (χ1n) is 13.8. The van der Waals surface area contributed by atoms with Gasteiger partial charge in [-0.15, -0.1) is 0 Å². The van der Waals surface area contributed by atoms with Crippen LogP contribution in [0.15, 0.2) is 0 Å². The Bertz CT molecular complexity index is 310. The molecule has 0 bridgehead atoms. The number of carboxylic acid groups (broad SMARTS) is 1. The van der Waals surface area contributed by atoms with Crippen LogP contribution in [0.3, 0.4) is 0 Å². The van der Waals surface area contributed by atoms with Crippen molar-refractivity contribution in [2.75, 3.05) is 19.8 Å². The highest BCUT2D eigenvalue weighted by molar-refractivity contribution is 5.63. The summed E-state index contributed by atoms with van der Waals surface area (Å²) in [6, 6.07) is 0. The summed E-state index contributed by atoms with van der Waals surface area (Å²) in [6.07, 6.45) is 26.2. The molecule has 31 heavy (non-hydrogen) atoms. The van der Waals surface area contributed by atoms with E-state index >= 15 is 0 Å². The standard InChI is InChI=1S/C15H33NO.C12H24O2/c1-2-3-4-5-6-7-8-9-10-11-14-17-15-12-13-16;1-2-3-4-5-6-7-8-9-10-11-12(13)14/h2-16H2,1H3;2-11H2,1H3,(H,13,14). The molecule has 0 atom stereocenters. The van der Waals surface area contributed by atoms with Gasteiger partial charge in [0.15, 0.2) is 0 Å². The molecule has 0 fully saturated rings. The highest BCUT2D eigenvalue weighted by Gasteiger charge is 1.94. The van der Waals surface area contributed by atoms with Crippen LogP contribution in [0, 0.1) is 0 Å². The maximum Gasteiger partial charge on any atom is 0.0762 e. The maximum atomic E-state index is 10.1. The second kappa shape index (κ2) is 31.6. The van der Waals surface area contributed by atoms with E-state index in [2.05, 4.69) is 19.6 Å². The van der Waals surface area contributed by atoms with Crippen LogP contribution >= 0.6 is 0 Å². The van der Waals surface area contributed by atoms with Crippen LogP contribution in [-0.2, 0) is 9.53 Å². The molecule has 0 heterocycles. The number of quaternary nitrogens is 1. The van der Waals surface area contributed by atoms with Crippen molar-refractivity contribution in [1.82, 2.24) is 0 Å². The summed E-state index contributed by atoms with van der Waals surface area (Å²) in [5.41, 5.74) is 3.80. The van der Waals surface area contributed by atoms with E-state index < -0.39 is 5.97 Å². The molecule has 0 aliphatic rings. The first-order valence-corrected chi connectivity index (χ1v) is 13.8. The maximum absolute atomic E-state index is 10.1. The average Bonchev–Trinajstić information content (AvgIpc) is 2.76. The molecule has 0 radical (unpaired) electrons. The minimum Gasteiger partial charge on any atom is -0.550 e. The van der Waals surface area contributed by atoms with Crippen molar-refractivity contribution >= 4 is 5.97 Å². The van der Waals surface area contributed by atoms with Crippen LogP contribution in [0.1, 0.15) is 149 Å². The lowest BCUT2D eigenvalue weighted by molar-refractivity contribution is -0.369. The molecule has 0 spiro atoms. The molecule has 4 heteroatoms. The Hall–Kier alpha value is -0.610. The van der Waals surface area contributed by atoms with Gasteiger partial charge in [-0.25, -0.2) is 0 Å². The smallest absolute Gasteiger partial charge is 0.0762 e. The van der Waals surface area contributed by atoms with E-state index in [4.69, 9.17) is 4.74 Å². The molecule has 4 nitrogen and oxygen atoms in total. The highest BCUT2D eigenvalue weighted by Crippen LogP contribution is 2.11. The molecule has 0 unspecified atom stereocenters. The molecule has 0 aliphatic carbocycles. The average molecular weight is 444 g/mol. The van der Waals surface area contributed by atoms with Crippen molar-refractivity contribution in [2.45, 2.75) is 149 Å². The first kappa shape index (κ1) is 32.6. The SMILES string of the molecule is CCCCCCCCCCCC(=O)[O-].CCCCCCCCCCCCOCCC[NH3+]. The second-order valence-electron chi connectivity index (χ2n) is 8.95. The van der Waals surface area contributed by atoms with Crippen LogP contribution in [0.5, 0.6) is 0 Å². The zero-order valence-electron chi connectivity index (χ0n) is 21.4. The Morgan fingerprint density at radius 3 is 1.32 bits per heavy atom. The number of hydrogen-bond donors (Lipinski definition) is 1. The summed E-state index contributed by atoms with van der Waals surface area (Å²) < 4.78 is 5.51. The zero-order chi connectivity index (χ0) is 23.3. The molecule has 3 N–H and O–H groups in total. The van der Waals surface area contributed by atoms with E-state index in [1.165, 1.54) is 109 Å². The van der Waals surface area contributed by atoms with Crippen molar-refractivity contribution in [3.8, 4) is 0 Å². The van der Waals surface area contributed by atoms with E-state index in [1.807, 2.05) is 0 Å². The van der Waals surface area contributed by atoms with Gasteiger partial charge in [-0.1, -0.05) is 123 Å². The number of unbranched alkanes of at least 4 members (excludes halogenated alkanes) is 17. The molecule has 0 amide bonds. The van der Waals surface area contributed by atoms with Crippen molar-refractivity contribution in [3.05, 3.63) is 0 Å². The number of carbonyl (C=O) groups is 1. The number of aliphatic carboxylic acids is 1. The molecule has 0 aromatic heterocycles.